The minimum absolute atomic E-state index is 0.0460. The van der Waals surface area contributed by atoms with Gasteiger partial charge in [0.05, 0.1) is 5.69 Å². The van der Waals surface area contributed by atoms with Crippen LogP contribution in [-0.4, -0.2) is 34.1 Å². The van der Waals surface area contributed by atoms with E-state index in [0.29, 0.717) is 24.5 Å². The van der Waals surface area contributed by atoms with Crippen molar-refractivity contribution in [3.8, 4) is 5.75 Å². The number of carbonyl (C=O) groups is 1. The molecule has 1 fully saturated rings. The van der Waals surface area contributed by atoms with Crippen LogP contribution < -0.4 is 10.1 Å². The van der Waals surface area contributed by atoms with Gasteiger partial charge in [-0.05, 0) is 57.2 Å². The molecular weight excluding hydrogens is 342 g/mol. The first kappa shape index (κ1) is 19.3. The molecule has 0 radical (unpaired) electrons. The van der Waals surface area contributed by atoms with Gasteiger partial charge in [-0.25, -0.2) is 14.8 Å². The first-order valence-corrected chi connectivity index (χ1v) is 9.61. The van der Waals surface area contributed by atoms with Gasteiger partial charge in [-0.1, -0.05) is 30.3 Å². The maximum atomic E-state index is 11.7. The average molecular weight is 369 g/mol. The van der Waals surface area contributed by atoms with Gasteiger partial charge in [0.25, 0.3) is 0 Å². The van der Waals surface area contributed by atoms with Gasteiger partial charge < -0.3 is 15.2 Å². The summed E-state index contributed by atoms with van der Waals surface area (Å²) in [6.45, 7) is 4.26. The standard InChI is InChI=1S/C21H27N3O3/c1-15-20(27-14-17-6-3-2-4-7-17)19(21(25)26)24-18(23-15)9-5-8-16-10-12-22-13-11-16/h2-4,6-7,16,22H,5,8-14H2,1H3,(H,25,26). The summed E-state index contributed by atoms with van der Waals surface area (Å²) >= 11 is 0. The molecule has 1 aromatic carbocycles. The number of aryl methyl sites for hydroxylation is 2. The summed E-state index contributed by atoms with van der Waals surface area (Å²) in [5.74, 6) is 0.516. The van der Waals surface area contributed by atoms with E-state index in [0.717, 1.165) is 37.4 Å². The molecule has 6 heteroatoms. The van der Waals surface area contributed by atoms with E-state index in [2.05, 4.69) is 15.3 Å². The minimum Gasteiger partial charge on any atom is -0.484 e. The molecule has 0 amide bonds. The van der Waals surface area contributed by atoms with Crippen LogP contribution >= 0.6 is 0 Å². The molecule has 2 N–H and O–H groups in total. The lowest BCUT2D eigenvalue weighted by Crippen LogP contribution is -2.27. The van der Waals surface area contributed by atoms with Crippen LogP contribution in [0.15, 0.2) is 30.3 Å². The molecule has 1 aliphatic rings. The summed E-state index contributed by atoms with van der Waals surface area (Å²) < 4.78 is 5.76. The predicted octanol–water partition coefficient (Wildman–Crippen LogP) is 3.38. The number of nitrogens with one attached hydrogen (secondary N) is 1. The zero-order chi connectivity index (χ0) is 19.1. The fourth-order valence-electron chi connectivity index (χ4n) is 3.50. The van der Waals surface area contributed by atoms with E-state index >= 15 is 0 Å². The number of aromatic nitrogens is 2. The van der Waals surface area contributed by atoms with Crippen LogP contribution in [0.5, 0.6) is 5.75 Å². The number of rotatable bonds is 8. The Balaban J connectivity index is 1.65. The average Bonchev–Trinajstić information content (AvgIpc) is 2.68. The second-order valence-electron chi connectivity index (χ2n) is 7.07. The van der Waals surface area contributed by atoms with Gasteiger partial charge in [0.1, 0.15) is 12.4 Å². The van der Waals surface area contributed by atoms with Crippen LogP contribution in [0.25, 0.3) is 0 Å². The fraction of sp³-hybridized carbons (Fsp3) is 0.476. The number of ether oxygens (including phenoxy) is 1. The molecule has 6 nitrogen and oxygen atoms in total. The fourth-order valence-corrected chi connectivity index (χ4v) is 3.50. The third-order valence-corrected chi connectivity index (χ3v) is 4.98. The monoisotopic (exact) mass is 369 g/mol. The van der Waals surface area contributed by atoms with E-state index in [9.17, 15) is 9.90 Å². The SMILES string of the molecule is Cc1nc(CCCC2CCNCC2)nc(C(=O)O)c1OCc1ccccc1. The van der Waals surface area contributed by atoms with E-state index in [1.165, 1.54) is 12.8 Å². The van der Waals surface area contributed by atoms with Crippen LogP contribution in [-0.2, 0) is 13.0 Å². The van der Waals surface area contributed by atoms with Crippen LogP contribution in [0, 0.1) is 12.8 Å². The number of hydrogen-bond donors (Lipinski definition) is 2. The van der Waals surface area contributed by atoms with Crippen molar-refractivity contribution in [3.05, 3.63) is 53.1 Å². The Morgan fingerprint density at radius 1 is 1.22 bits per heavy atom. The van der Waals surface area contributed by atoms with Crippen LogP contribution in [0.4, 0.5) is 0 Å². The lowest BCUT2D eigenvalue weighted by atomic mass is 9.92. The Morgan fingerprint density at radius 2 is 1.96 bits per heavy atom. The molecule has 3 rings (SSSR count). The summed E-state index contributed by atoms with van der Waals surface area (Å²) in [5, 5.41) is 12.9. The zero-order valence-corrected chi connectivity index (χ0v) is 15.8. The molecule has 0 bridgehead atoms. The molecule has 2 heterocycles. The molecule has 1 saturated heterocycles. The van der Waals surface area contributed by atoms with Crippen molar-refractivity contribution in [1.29, 1.82) is 0 Å². The van der Waals surface area contributed by atoms with Gasteiger partial charge >= 0.3 is 5.97 Å². The molecule has 2 aromatic rings. The normalized spacial score (nSPS) is 14.9. The highest BCUT2D eigenvalue weighted by Crippen LogP contribution is 2.24. The lowest BCUT2D eigenvalue weighted by Gasteiger charge is -2.22. The van der Waals surface area contributed by atoms with E-state index in [1.54, 1.807) is 6.92 Å². The molecule has 27 heavy (non-hydrogen) atoms. The zero-order valence-electron chi connectivity index (χ0n) is 15.8. The maximum Gasteiger partial charge on any atom is 0.358 e. The number of hydrogen-bond acceptors (Lipinski definition) is 5. The highest BCUT2D eigenvalue weighted by atomic mass is 16.5. The maximum absolute atomic E-state index is 11.7. The van der Waals surface area contributed by atoms with E-state index < -0.39 is 5.97 Å². The summed E-state index contributed by atoms with van der Waals surface area (Å²) in [6, 6.07) is 9.65. The van der Waals surface area contributed by atoms with Gasteiger partial charge in [-0.15, -0.1) is 0 Å². The lowest BCUT2D eigenvalue weighted by molar-refractivity contribution is 0.0683. The molecule has 0 unspecified atom stereocenters. The van der Waals surface area contributed by atoms with Crippen LogP contribution in [0.2, 0.25) is 0 Å². The molecule has 0 atom stereocenters. The third kappa shape index (κ3) is 5.50. The molecule has 1 aromatic heterocycles. The van der Waals surface area contributed by atoms with Gasteiger partial charge in [0.15, 0.2) is 11.4 Å². The molecule has 0 aliphatic carbocycles. The second kappa shape index (κ2) is 9.46. The van der Waals surface area contributed by atoms with E-state index in [1.807, 2.05) is 30.3 Å². The number of nitrogens with zero attached hydrogens (tertiary/aromatic N) is 2. The predicted molar refractivity (Wildman–Crippen MR) is 103 cm³/mol. The Bertz CT molecular complexity index is 759. The molecule has 0 saturated carbocycles. The summed E-state index contributed by atoms with van der Waals surface area (Å²) in [6.07, 6.45) is 5.25. The number of carboxylic acid groups (broad SMARTS) is 1. The Hall–Kier alpha value is -2.47. The summed E-state index contributed by atoms with van der Waals surface area (Å²) in [7, 11) is 0. The quantitative estimate of drug-likeness (QED) is 0.742. The first-order chi connectivity index (χ1) is 13.1. The summed E-state index contributed by atoms with van der Waals surface area (Å²) in [4.78, 5) is 20.5. The Morgan fingerprint density at radius 3 is 2.67 bits per heavy atom. The van der Waals surface area contributed by atoms with Gasteiger partial charge in [0.2, 0.25) is 0 Å². The van der Waals surface area contributed by atoms with E-state index in [4.69, 9.17) is 4.74 Å². The van der Waals surface area contributed by atoms with Crippen molar-refractivity contribution >= 4 is 5.97 Å². The van der Waals surface area contributed by atoms with Crippen molar-refractivity contribution in [2.45, 2.75) is 45.6 Å². The highest BCUT2D eigenvalue weighted by Gasteiger charge is 2.20. The topological polar surface area (TPSA) is 84.3 Å². The van der Waals surface area contributed by atoms with Crippen molar-refractivity contribution in [1.82, 2.24) is 15.3 Å². The van der Waals surface area contributed by atoms with Crippen LogP contribution in [0.3, 0.4) is 0 Å². The smallest absolute Gasteiger partial charge is 0.358 e. The third-order valence-electron chi connectivity index (χ3n) is 4.98. The van der Waals surface area contributed by atoms with Crippen molar-refractivity contribution < 1.29 is 14.6 Å². The van der Waals surface area contributed by atoms with Gasteiger partial charge in [0, 0.05) is 6.42 Å². The second-order valence-corrected chi connectivity index (χ2v) is 7.07. The molecule has 1 aliphatic heterocycles. The number of carboxylic acids is 1. The number of piperidine rings is 1. The Labute approximate surface area is 160 Å². The summed E-state index contributed by atoms with van der Waals surface area (Å²) in [5.41, 5.74) is 1.50. The Kier molecular flexibility index (Phi) is 6.76. The molecule has 0 spiro atoms. The first-order valence-electron chi connectivity index (χ1n) is 9.61. The van der Waals surface area contributed by atoms with Crippen molar-refractivity contribution in [2.24, 2.45) is 5.92 Å². The minimum atomic E-state index is -1.08. The molecular formula is C21H27N3O3. The molecule has 144 valence electrons. The van der Waals surface area contributed by atoms with Crippen molar-refractivity contribution in [3.63, 3.8) is 0 Å². The van der Waals surface area contributed by atoms with Gasteiger partial charge in [-0.3, -0.25) is 0 Å². The van der Waals surface area contributed by atoms with Gasteiger partial charge in [-0.2, -0.15) is 0 Å². The highest BCUT2D eigenvalue weighted by molar-refractivity contribution is 5.88. The number of aromatic carboxylic acids is 1. The van der Waals surface area contributed by atoms with Crippen LogP contribution in [0.1, 0.15) is 53.3 Å². The largest absolute Gasteiger partial charge is 0.484 e. The number of benzene rings is 1. The van der Waals surface area contributed by atoms with E-state index in [-0.39, 0.29) is 11.4 Å². The van der Waals surface area contributed by atoms with Crippen molar-refractivity contribution in [2.75, 3.05) is 13.1 Å².